The minimum atomic E-state index is -0.384. The molecule has 0 radical (unpaired) electrons. The van der Waals surface area contributed by atoms with Crippen molar-refractivity contribution >= 4 is 0 Å². The van der Waals surface area contributed by atoms with Crippen molar-refractivity contribution in [1.29, 1.82) is 0 Å². The first-order valence-electron chi connectivity index (χ1n) is 7.17. The molecule has 1 N–H and O–H groups in total. The molecule has 0 unspecified atom stereocenters. The molecule has 0 atom stereocenters. The molecule has 0 saturated heterocycles. The van der Waals surface area contributed by atoms with E-state index in [9.17, 15) is 8.78 Å². The molecule has 0 spiro atoms. The molecule has 0 aromatic heterocycles. The van der Waals surface area contributed by atoms with Crippen LogP contribution in [0, 0.1) is 25.5 Å². The van der Waals surface area contributed by atoms with E-state index in [1.165, 1.54) is 12.1 Å². The normalized spacial score (nSPS) is 11.2. The van der Waals surface area contributed by atoms with Crippen LogP contribution in [0.25, 0.3) is 11.1 Å². The Bertz CT molecular complexity index is 648. The topological polar surface area (TPSA) is 12.0 Å². The van der Waals surface area contributed by atoms with Crippen LogP contribution in [0.5, 0.6) is 0 Å². The van der Waals surface area contributed by atoms with Gasteiger partial charge in [-0.05, 0) is 42.7 Å². The van der Waals surface area contributed by atoms with Gasteiger partial charge in [0.1, 0.15) is 11.6 Å². The van der Waals surface area contributed by atoms with Crippen LogP contribution < -0.4 is 5.32 Å². The number of hydrogen-bond donors (Lipinski definition) is 1. The summed E-state index contributed by atoms with van der Waals surface area (Å²) in [5.74, 6) is -0.763. The zero-order chi connectivity index (χ0) is 15.6. The maximum Gasteiger partial charge on any atom is 0.131 e. The number of benzene rings is 2. The molecule has 0 aliphatic carbocycles. The summed E-state index contributed by atoms with van der Waals surface area (Å²) in [6.07, 6.45) is 0. The first-order chi connectivity index (χ1) is 9.88. The number of nitrogens with one attached hydrogen (secondary N) is 1. The fourth-order valence-electron chi connectivity index (χ4n) is 2.26. The van der Waals surface area contributed by atoms with Gasteiger partial charge < -0.3 is 5.32 Å². The van der Waals surface area contributed by atoms with Gasteiger partial charge in [0.2, 0.25) is 0 Å². The number of hydrogen-bond acceptors (Lipinski definition) is 1. The molecule has 2 rings (SSSR count). The highest BCUT2D eigenvalue weighted by molar-refractivity contribution is 5.69. The molecule has 0 fully saturated rings. The summed E-state index contributed by atoms with van der Waals surface area (Å²) in [5, 5.41) is 3.32. The number of halogens is 2. The number of aryl methyl sites for hydroxylation is 2. The average molecular weight is 289 g/mol. The van der Waals surface area contributed by atoms with Crippen LogP contribution in [0.2, 0.25) is 0 Å². The van der Waals surface area contributed by atoms with Crippen LogP contribution in [0.15, 0.2) is 30.3 Å². The van der Waals surface area contributed by atoms with Crippen molar-refractivity contribution in [1.82, 2.24) is 5.32 Å². The van der Waals surface area contributed by atoms with E-state index in [4.69, 9.17) is 0 Å². The van der Waals surface area contributed by atoms with Crippen molar-refractivity contribution < 1.29 is 8.78 Å². The molecule has 1 nitrogen and oxygen atoms in total. The van der Waals surface area contributed by atoms with E-state index in [1.54, 1.807) is 6.92 Å². The smallest absolute Gasteiger partial charge is 0.131 e. The summed E-state index contributed by atoms with van der Waals surface area (Å²) in [4.78, 5) is 0. The average Bonchev–Trinajstić information content (AvgIpc) is 2.41. The van der Waals surface area contributed by atoms with Gasteiger partial charge >= 0.3 is 0 Å². The van der Waals surface area contributed by atoms with Gasteiger partial charge in [0.05, 0.1) is 0 Å². The summed E-state index contributed by atoms with van der Waals surface area (Å²) in [5.41, 5.74) is 3.39. The molecule has 2 aromatic carbocycles. The highest BCUT2D eigenvalue weighted by Gasteiger charge is 2.13. The monoisotopic (exact) mass is 289 g/mol. The highest BCUT2D eigenvalue weighted by Crippen LogP contribution is 2.29. The van der Waals surface area contributed by atoms with Crippen LogP contribution in [-0.2, 0) is 6.54 Å². The maximum absolute atomic E-state index is 14.2. The molecule has 0 bridgehead atoms. The van der Waals surface area contributed by atoms with Crippen LogP contribution in [0.3, 0.4) is 0 Å². The Balaban J connectivity index is 2.51. The van der Waals surface area contributed by atoms with Gasteiger partial charge in [0.15, 0.2) is 0 Å². The predicted molar refractivity (Wildman–Crippen MR) is 83.2 cm³/mol. The van der Waals surface area contributed by atoms with E-state index in [2.05, 4.69) is 19.2 Å². The molecular formula is C18H21F2N. The fraction of sp³-hybridized carbons (Fsp3) is 0.333. The van der Waals surface area contributed by atoms with Gasteiger partial charge in [0, 0.05) is 18.2 Å². The molecule has 2 aromatic rings. The molecule has 0 aliphatic rings. The van der Waals surface area contributed by atoms with Gasteiger partial charge in [0.25, 0.3) is 0 Å². The fourth-order valence-corrected chi connectivity index (χ4v) is 2.26. The first-order valence-corrected chi connectivity index (χ1v) is 7.17. The molecule has 0 amide bonds. The van der Waals surface area contributed by atoms with Gasteiger partial charge in [-0.15, -0.1) is 0 Å². The van der Waals surface area contributed by atoms with Crippen molar-refractivity contribution in [3.05, 3.63) is 58.7 Å². The Kier molecular flexibility index (Phi) is 4.73. The van der Waals surface area contributed by atoms with E-state index in [-0.39, 0.29) is 11.6 Å². The van der Waals surface area contributed by atoms with Crippen molar-refractivity contribution in [2.45, 2.75) is 40.3 Å². The minimum absolute atomic E-state index is 0.322. The van der Waals surface area contributed by atoms with E-state index >= 15 is 0 Å². The second kappa shape index (κ2) is 6.35. The third kappa shape index (κ3) is 3.67. The summed E-state index contributed by atoms with van der Waals surface area (Å²) >= 11 is 0. The van der Waals surface area contributed by atoms with Crippen LogP contribution in [0.4, 0.5) is 8.78 Å². The third-order valence-corrected chi connectivity index (χ3v) is 3.50. The Hall–Kier alpha value is -1.74. The third-order valence-electron chi connectivity index (χ3n) is 3.50. The lowest BCUT2D eigenvalue weighted by Crippen LogP contribution is -2.22. The van der Waals surface area contributed by atoms with Crippen molar-refractivity contribution in [2.24, 2.45) is 0 Å². The van der Waals surface area contributed by atoms with Crippen molar-refractivity contribution in [3.63, 3.8) is 0 Å². The molecule has 3 heteroatoms. The Morgan fingerprint density at radius 2 is 1.67 bits per heavy atom. The maximum atomic E-state index is 14.2. The lowest BCUT2D eigenvalue weighted by molar-refractivity contribution is 0.586. The van der Waals surface area contributed by atoms with Crippen molar-refractivity contribution in [3.8, 4) is 11.1 Å². The molecular weight excluding hydrogens is 268 g/mol. The van der Waals surface area contributed by atoms with E-state index in [0.717, 1.165) is 16.7 Å². The molecule has 0 saturated carbocycles. The Labute approximate surface area is 125 Å². The zero-order valence-electron chi connectivity index (χ0n) is 12.9. The van der Waals surface area contributed by atoms with Gasteiger partial charge in [-0.2, -0.15) is 0 Å². The van der Waals surface area contributed by atoms with Crippen LogP contribution in [0.1, 0.15) is 30.5 Å². The molecule has 21 heavy (non-hydrogen) atoms. The zero-order valence-corrected chi connectivity index (χ0v) is 12.9. The Morgan fingerprint density at radius 1 is 0.952 bits per heavy atom. The van der Waals surface area contributed by atoms with E-state index < -0.39 is 0 Å². The summed E-state index contributed by atoms with van der Waals surface area (Å²) in [6, 6.07) is 8.74. The largest absolute Gasteiger partial charge is 0.310 e. The second-order valence-corrected chi connectivity index (χ2v) is 5.78. The Morgan fingerprint density at radius 3 is 2.33 bits per heavy atom. The summed E-state index contributed by atoms with van der Waals surface area (Å²) in [7, 11) is 0. The van der Waals surface area contributed by atoms with E-state index in [1.807, 2.05) is 25.1 Å². The van der Waals surface area contributed by atoms with Crippen molar-refractivity contribution in [2.75, 3.05) is 0 Å². The molecule has 0 heterocycles. The quantitative estimate of drug-likeness (QED) is 0.856. The van der Waals surface area contributed by atoms with Gasteiger partial charge in [-0.1, -0.05) is 37.6 Å². The van der Waals surface area contributed by atoms with E-state index in [0.29, 0.717) is 23.7 Å². The minimum Gasteiger partial charge on any atom is -0.310 e. The lowest BCUT2D eigenvalue weighted by Gasteiger charge is -2.15. The summed E-state index contributed by atoms with van der Waals surface area (Å²) in [6.45, 7) is 8.26. The standard InChI is InChI=1S/C18H21F2N/c1-11(2)21-10-14-6-5-12(3)7-15(14)16-9-17(19)13(4)8-18(16)20/h5-9,11,21H,10H2,1-4H3. The first kappa shape index (κ1) is 15.6. The highest BCUT2D eigenvalue weighted by atomic mass is 19.1. The molecule has 112 valence electrons. The second-order valence-electron chi connectivity index (χ2n) is 5.78. The number of rotatable bonds is 4. The van der Waals surface area contributed by atoms with Crippen LogP contribution >= 0.6 is 0 Å². The SMILES string of the molecule is Cc1ccc(CNC(C)C)c(-c2cc(F)c(C)cc2F)c1. The van der Waals surface area contributed by atoms with Gasteiger partial charge in [-0.3, -0.25) is 0 Å². The summed E-state index contributed by atoms with van der Waals surface area (Å²) < 4.78 is 28.0. The van der Waals surface area contributed by atoms with Crippen LogP contribution in [-0.4, -0.2) is 6.04 Å². The lowest BCUT2D eigenvalue weighted by atomic mass is 9.96. The van der Waals surface area contributed by atoms with Gasteiger partial charge in [-0.25, -0.2) is 8.78 Å². The predicted octanol–water partition coefficient (Wildman–Crippen LogP) is 4.75. The molecule has 0 aliphatic heterocycles.